The Balaban J connectivity index is 1.99. The van der Waals surface area contributed by atoms with Gasteiger partial charge in [0.2, 0.25) is 0 Å². The molecule has 1 amide bonds. The van der Waals surface area contributed by atoms with Crippen LogP contribution < -0.4 is 4.74 Å². The van der Waals surface area contributed by atoms with E-state index in [0.29, 0.717) is 28.9 Å². The number of nitrogens with zero attached hydrogens (tertiary/aromatic N) is 1. The van der Waals surface area contributed by atoms with Gasteiger partial charge in [0.15, 0.2) is 6.10 Å². The molecule has 2 unspecified atom stereocenters. The number of likely N-dealkylation sites (tertiary alicyclic amines) is 1. The van der Waals surface area contributed by atoms with Crippen molar-refractivity contribution in [3.05, 3.63) is 28.2 Å². The number of ether oxygens (including phenoxy) is 1. The Hall–Kier alpha value is -0.970. The molecule has 0 radical (unpaired) electrons. The molecule has 110 valence electrons. The topological polar surface area (TPSA) is 49.8 Å². The lowest BCUT2D eigenvalue weighted by atomic mass is 10.1. The average Bonchev–Trinajstić information content (AvgIpc) is 2.91. The quantitative estimate of drug-likeness (QED) is 0.928. The molecule has 1 aliphatic heterocycles. The summed E-state index contributed by atoms with van der Waals surface area (Å²) in [6.07, 6.45) is 0.191. The minimum Gasteiger partial charge on any atom is -0.479 e. The van der Waals surface area contributed by atoms with E-state index in [2.05, 4.69) is 0 Å². The second-order valence-electron chi connectivity index (χ2n) is 4.93. The molecule has 0 spiro atoms. The van der Waals surface area contributed by atoms with Crippen LogP contribution in [0.25, 0.3) is 0 Å². The Labute approximate surface area is 128 Å². The highest BCUT2D eigenvalue weighted by molar-refractivity contribution is 6.42. The normalized spacial score (nSPS) is 20.0. The lowest BCUT2D eigenvalue weighted by Crippen LogP contribution is -2.39. The summed E-state index contributed by atoms with van der Waals surface area (Å²) in [5, 5.41) is 9.81. The zero-order chi connectivity index (χ0) is 14.7. The van der Waals surface area contributed by atoms with E-state index >= 15 is 0 Å². The summed E-state index contributed by atoms with van der Waals surface area (Å²) in [7, 11) is 0. The number of carbonyl (C=O) groups is 1. The van der Waals surface area contributed by atoms with Gasteiger partial charge in [-0.25, -0.2) is 0 Å². The smallest absolute Gasteiger partial charge is 0.263 e. The number of benzene rings is 1. The minimum atomic E-state index is -0.636. The van der Waals surface area contributed by atoms with Crippen LogP contribution in [0.15, 0.2) is 18.2 Å². The highest BCUT2D eigenvalue weighted by Crippen LogP contribution is 2.32. The van der Waals surface area contributed by atoms with Gasteiger partial charge in [-0.15, -0.1) is 0 Å². The fourth-order valence-electron chi connectivity index (χ4n) is 2.25. The molecule has 2 rings (SSSR count). The number of rotatable bonds is 4. The van der Waals surface area contributed by atoms with E-state index in [4.69, 9.17) is 33.0 Å². The number of halogens is 2. The van der Waals surface area contributed by atoms with Gasteiger partial charge in [0.1, 0.15) is 10.8 Å². The van der Waals surface area contributed by atoms with Gasteiger partial charge in [-0.2, -0.15) is 0 Å². The van der Waals surface area contributed by atoms with E-state index in [1.54, 1.807) is 30.0 Å². The molecule has 1 N–H and O–H groups in total. The van der Waals surface area contributed by atoms with Crippen LogP contribution in [-0.2, 0) is 4.79 Å². The van der Waals surface area contributed by atoms with Gasteiger partial charge < -0.3 is 14.7 Å². The Bertz CT molecular complexity index is 495. The van der Waals surface area contributed by atoms with Crippen LogP contribution in [0.4, 0.5) is 0 Å². The molecule has 6 heteroatoms. The maximum absolute atomic E-state index is 12.3. The van der Waals surface area contributed by atoms with E-state index in [1.165, 1.54) is 0 Å². The molecule has 2 atom stereocenters. The number of aliphatic hydroxyl groups excluding tert-OH is 1. The van der Waals surface area contributed by atoms with Crippen molar-refractivity contribution in [2.75, 3.05) is 19.7 Å². The third-order valence-electron chi connectivity index (χ3n) is 3.42. The lowest BCUT2D eigenvalue weighted by molar-refractivity contribution is -0.137. The Morgan fingerprint density at radius 3 is 2.95 bits per heavy atom. The van der Waals surface area contributed by atoms with Gasteiger partial charge in [-0.3, -0.25) is 4.79 Å². The van der Waals surface area contributed by atoms with E-state index in [9.17, 15) is 4.79 Å². The average molecular weight is 318 g/mol. The maximum Gasteiger partial charge on any atom is 0.263 e. The summed E-state index contributed by atoms with van der Waals surface area (Å²) in [5.74, 6) is 0.468. The number of aliphatic hydroxyl groups is 1. The first-order chi connectivity index (χ1) is 9.52. The van der Waals surface area contributed by atoms with Gasteiger partial charge in [0, 0.05) is 25.6 Å². The number of hydrogen-bond donors (Lipinski definition) is 1. The van der Waals surface area contributed by atoms with Crippen molar-refractivity contribution in [3.63, 3.8) is 0 Å². The van der Waals surface area contributed by atoms with Crippen molar-refractivity contribution in [1.29, 1.82) is 0 Å². The molecule has 20 heavy (non-hydrogen) atoms. The third kappa shape index (κ3) is 3.37. The first-order valence-electron chi connectivity index (χ1n) is 6.53. The molecule has 1 aliphatic rings. The van der Waals surface area contributed by atoms with Crippen LogP contribution in [0.1, 0.15) is 13.3 Å². The van der Waals surface area contributed by atoms with Gasteiger partial charge >= 0.3 is 0 Å². The zero-order valence-electron chi connectivity index (χ0n) is 11.2. The molecule has 1 aromatic carbocycles. The largest absolute Gasteiger partial charge is 0.479 e. The SMILES string of the molecule is CC(Oc1cccc(Cl)c1Cl)C(=O)N1CCC(CO)C1. The summed E-state index contributed by atoms with van der Waals surface area (Å²) in [6.45, 7) is 3.03. The molecule has 4 nitrogen and oxygen atoms in total. The van der Waals surface area contributed by atoms with Crippen molar-refractivity contribution in [3.8, 4) is 5.75 Å². The van der Waals surface area contributed by atoms with Crippen LogP contribution in [-0.4, -0.2) is 41.7 Å². The summed E-state index contributed by atoms with van der Waals surface area (Å²) >= 11 is 11.9. The van der Waals surface area contributed by atoms with Gasteiger partial charge in [-0.05, 0) is 25.5 Å². The van der Waals surface area contributed by atoms with Crippen molar-refractivity contribution in [2.45, 2.75) is 19.4 Å². The number of amides is 1. The van der Waals surface area contributed by atoms with Crippen LogP contribution in [0.2, 0.25) is 10.0 Å². The first-order valence-corrected chi connectivity index (χ1v) is 7.28. The summed E-state index contributed by atoms with van der Waals surface area (Å²) in [4.78, 5) is 14.0. The molecular formula is C14H17Cl2NO3. The summed E-state index contributed by atoms with van der Waals surface area (Å²) in [6, 6.07) is 5.06. The third-order valence-corrected chi connectivity index (χ3v) is 4.22. The molecule has 1 fully saturated rings. The van der Waals surface area contributed by atoms with Crippen molar-refractivity contribution >= 4 is 29.1 Å². The molecule has 1 heterocycles. The predicted molar refractivity (Wildman–Crippen MR) is 78.3 cm³/mol. The Morgan fingerprint density at radius 2 is 2.30 bits per heavy atom. The van der Waals surface area contributed by atoms with Crippen LogP contribution >= 0.6 is 23.2 Å². The highest BCUT2D eigenvalue weighted by atomic mass is 35.5. The molecule has 0 bridgehead atoms. The standard InChI is InChI=1S/C14H17Cl2NO3/c1-9(14(19)17-6-5-10(7-17)8-18)20-12-4-2-3-11(15)13(12)16/h2-4,9-10,18H,5-8H2,1H3. The first kappa shape index (κ1) is 15.4. The van der Waals surface area contributed by atoms with Crippen molar-refractivity contribution in [1.82, 2.24) is 4.90 Å². The van der Waals surface area contributed by atoms with Gasteiger partial charge in [-0.1, -0.05) is 29.3 Å². The van der Waals surface area contributed by atoms with E-state index in [0.717, 1.165) is 6.42 Å². The second kappa shape index (κ2) is 6.66. The van der Waals surface area contributed by atoms with Crippen LogP contribution in [0.3, 0.4) is 0 Å². The Kier molecular flexibility index (Phi) is 5.13. The maximum atomic E-state index is 12.3. The van der Waals surface area contributed by atoms with E-state index in [1.807, 2.05) is 0 Å². The summed E-state index contributed by atoms with van der Waals surface area (Å²) in [5.41, 5.74) is 0. The van der Waals surface area contributed by atoms with Crippen LogP contribution in [0, 0.1) is 5.92 Å². The zero-order valence-corrected chi connectivity index (χ0v) is 12.7. The predicted octanol–water partition coefficient (Wildman–Crippen LogP) is 2.60. The highest BCUT2D eigenvalue weighted by Gasteiger charge is 2.29. The Morgan fingerprint density at radius 1 is 1.55 bits per heavy atom. The van der Waals surface area contributed by atoms with Crippen molar-refractivity contribution in [2.24, 2.45) is 5.92 Å². The summed E-state index contributed by atoms with van der Waals surface area (Å²) < 4.78 is 5.60. The number of hydrogen-bond acceptors (Lipinski definition) is 3. The molecule has 0 aliphatic carbocycles. The van der Waals surface area contributed by atoms with Crippen molar-refractivity contribution < 1.29 is 14.6 Å². The van der Waals surface area contributed by atoms with E-state index < -0.39 is 6.10 Å². The number of carbonyl (C=O) groups excluding carboxylic acids is 1. The van der Waals surface area contributed by atoms with Gasteiger partial charge in [0.25, 0.3) is 5.91 Å². The monoisotopic (exact) mass is 317 g/mol. The molecule has 1 saturated heterocycles. The van der Waals surface area contributed by atoms with Gasteiger partial charge in [0.05, 0.1) is 5.02 Å². The molecule has 0 saturated carbocycles. The minimum absolute atomic E-state index is 0.100. The molecular weight excluding hydrogens is 301 g/mol. The fraction of sp³-hybridized carbons (Fsp3) is 0.500. The second-order valence-corrected chi connectivity index (χ2v) is 5.72. The molecule has 1 aromatic rings. The van der Waals surface area contributed by atoms with Crippen LogP contribution in [0.5, 0.6) is 5.75 Å². The lowest BCUT2D eigenvalue weighted by Gasteiger charge is -2.22. The molecule has 0 aromatic heterocycles. The fourth-order valence-corrected chi connectivity index (χ4v) is 2.59. The van der Waals surface area contributed by atoms with E-state index in [-0.39, 0.29) is 18.4 Å².